The standard InChI is InChI=1S/C34H34N4O3S/c1-33(2,3)28-21-29(34(4,5)6)38(36-28)24-14-12-22(13-15-24)20-27-30(39)35-32(42)37(31(27)40)23-16-18-26(19-17-23)41-25-10-8-7-9-11-25/h7-21H,1-6H3,(H,35,39,42). The Balaban J connectivity index is 1.40. The van der Waals surface area contributed by atoms with Crippen molar-refractivity contribution in [1.82, 2.24) is 15.1 Å². The quantitative estimate of drug-likeness (QED) is 0.155. The lowest BCUT2D eigenvalue weighted by molar-refractivity contribution is -0.122. The van der Waals surface area contributed by atoms with Crippen LogP contribution >= 0.6 is 12.2 Å². The molecule has 0 aliphatic carbocycles. The van der Waals surface area contributed by atoms with Crippen LogP contribution in [-0.2, 0) is 20.4 Å². The van der Waals surface area contributed by atoms with Crippen molar-refractivity contribution in [3.05, 3.63) is 107 Å². The van der Waals surface area contributed by atoms with E-state index in [2.05, 4.69) is 52.9 Å². The van der Waals surface area contributed by atoms with E-state index in [9.17, 15) is 9.59 Å². The van der Waals surface area contributed by atoms with Crippen molar-refractivity contribution in [1.29, 1.82) is 0 Å². The van der Waals surface area contributed by atoms with Gasteiger partial charge in [0, 0.05) is 16.5 Å². The van der Waals surface area contributed by atoms with Gasteiger partial charge in [-0.1, -0.05) is 71.9 Å². The number of aromatic nitrogens is 2. The Morgan fingerprint density at radius 3 is 1.98 bits per heavy atom. The van der Waals surface area contributed by atoms with Gasteiger partial charge in [-0.15, -0.1) is 0 Å². The molecule has 0 unspecified atom stereocenters. The maximum atomic E-state index is 13.5. The Morgan fingerprint density at radius 2 is 1.38 bits per heavy atom. The number of nitrogens with one attached hydrogen (secondary N) is 1. The van der Waals surface area contributed by atoms with Crippen LogP contribution < -0.4 is 15.0 Å². The van der Waals surface area contributed by atoms with E-state index in [1.165, 1.54) is 4.90 Å². The molecule has 1 aliphatic heterocycles. The van der Waals surface area contributed by atoms with Gasteiger partial charge in [0.25, 0.3) is 11.8 Å². The molecule has 1 aromatic heterocycles. The normalized spacial score (nSPS) is 15.2. The lowest BCUT2D eigenvalue weighted by Crippen LogP contribution is -2.54. The van der Waals surface area contributed by atoms with Crippen LogP contribution in [0.15, 0.2) is 90.5 Å². The average Bonchev–Trinajstić information content (AvgIpc) is 3.40. The second-order valence-electron chi connectivity index (χ2n) is 12.3. The zero-order chi connectivity index (χ0) is 30.2. The summed E-state index contributed by atoms with van der Waals surface area (Å²) in [6, 6.07) is 26.2. The molecule has 8 heteroatoms. The first-order valence-corrected chi connectivity index (χ1v) is 14.2. The molecule has 1 aliphatic rings. The molecule has 0 radical (unpaired) electrons. The number of nitrogens with zero attached hydrogens (tertiary/aromatic N) is 3. The van der Waals surface area contributed by atoms with E-state index in [0.29, 0.717) is 22.7 Å². The van der Waals surface area contributed by atoms with Crippen LogP contribution in [0.2, 0.25) is 0 Å². The zero-order valence-electron chi connectivity index (χ0n) is 24.6. The van der Waals surface area contributed by atoms with Crippen molar-refractivity contribution in [2.24, 2.45) is 0 Å². The van der Waals surface area contributed by atoms with Gasteiger partial charge in [-0.25, -0.2) is 4.68 Å². The van der Waals surface area contributed by atoms with E-state index in [0.717, 1.165) is 17.1 Å². The van der Waals surface area contributed by atoms with E-state index in [4.69, 9.17) is 22.1 Å². The maximum Gasteiger partial charge on any atom is 0.270 e. The molecular formula is C34H34N4O3S. The Morgan fingerprint density at radius 1 is 0.786 bits per heavy atom. The van der Waals surface area contributed by atoms with Gasteiger partial charge >= 0.3 is 0 Å². The van der Waals surface area contributed by atoms with Crippen molar-refractivity contribution in [2.75, 3.05) is 4.90 Å². The Kier molecular flexibility index (Phi) is 7.60. The number of ether oxygens (including phenoxy) is 1. The molecule has 3 aromatic carbocycles. The van der Waals surface area contributed by atoms with Gasteiger partial charge < -0.3 is 4.74 Å². The number of hydrogen-bond donors (Lipinski definition) is 1. The number of carbonyl (C=O) groups excluding carboxylic acids is 2. The molecule has 1 saturated heterocycles. The number of rotatable bonds is 5. The van der Waals surface area contributed by atoms with Crippen LogP contribution in [-0.4, -0.2) is 26.7 Å². The fourth-order valence-corrected chi connectivity index (χ4v) is 4.82. The van der Waals surface area contributed by atoms with Gasteiger partial charge in [0.05, 0.1) is 17.1 Å². The summed E-state index contributed by atoms with van der Waals surface area (Å²) in [7, 11) is 0. The summed E-state index contributed by atoms with van der Waals surface area (Å²) >= 11 is 5.37. The van der Waals surface area contributed by atoms with Crippen LogP contribution in [0.5, 0.6) is 11.5 Å². The minimum absolute atomic E-state index is 0.00884. The fraction of sp³-hybridized carbons (Fsp3) is 0.235. The highest BCUT2D eigenvalue weighted by atomic mass is 32.1. The predicted octanol–water partition coefficient (Wildman–Crippen LogP) is 7.09. The molecule has 42 heavy (non-hydrogen) atoms. The molecule has 1 N–H and O–H groups in total. The molecule has 7 nitrogen and oxygen atoms in total. The minimum Gasteiger partial charge on any atom is -0.457 e. The first-order valence-electron chi connectivity index (χ1n) is 13.8. The third kappa shape index (κ3) is 6.04. The molecule has 0 saturated carbocycles. The first-order chi connectivity index (χ1) is 19.8. The van der Waals surface area contributed by atoms with Gasteiger partial charge in [0.1, 0.15) is 17.1 Å². The Hall–Kier alpha value is -4.56. The lowest BCUT2D eigenvalue weighted by Gasteiger charge is -2.29. The van der Waals surface area contributed by atoms with Crippen molar-refractivity contribution in [3.8, 4) is 17.2 Å². The molecule has 5 rings (SSSR count). The first kappa shape index (κ1) is 29.0. The van der Waals surface area contributed by atoms with Crippen molar-refractivity contribution in [3.63, 3.8) is 0 Å². The van der Waals surface area contributed by atoms with Crippen molar-refractivity contribution in [2.45, 2.75) is 52.4 Å². The van der Waals surface area contributed by atoms with E-state index < -0.39 is 11.8 Å². The largest absolute Gasteiger partial charge is 0.457 e. The fourth-order valence-electron chi connectivity index (χ4n) is 4.54. The highest BCUT2D eigenvalue weighted by Crippen LogP contribution is 2.31. The summed E-state index contributed by atoms with van der Waals surface area (Å²) in [4.78, 5) is 27.7. The maximum absolute atomic E-state index is 13.5. The molecule has 1 fully saturated rings. The van der Waals surface area contributed by atoms with E-state index >= 15 is 0 Å². The van der Waals surface area contributed by atoms with Crippen LogP contribution in [0, 0.1) is 0 Å². The predicted molar refractivity (Wildman–Crippen MR) is 170 cm³/mol. The highest BCUT2D eigenvalue weighted by Gasteiger charge is 2.34. The van der Waals surface area contributed by atoms with Gasteiger partial charge in [-0.2, -0.15) is 5.10 Å². The number of para-hydroxylation sites is 1. The summed E-state index contributed by atoms with van der Waals surface area (Å²) < 4.78 is 7.83. The van der Waals surface area contributed by atoms with E-state index in [1.807, 2.05) is 59.3 Å². The Labute approximate surface area is 251 Å². The summed E-state index contributed by atoms with van der Waals surface area (Å²) in [5.41, 5.74) is 4.03. The number of amides is 2. The molecule has 0 spiro atoms. The molecule has 0 bridgehead atoms. The number of anilines is 1. The number of thiocarbonyl (C=S) groups is 1. The van der Waals surface area contributed by atoms with Crippen LogP contribution in [0.25, 0.3) is 11.8 Å². The Bertz CT molecular complexity index is 1670. The smallest absolute Gasteiger partial charge is 0.270 e. The summed E-state index contributed by atoms with van der Waals surface area (Å²) in [6.07, 6.45) is 1.58. The van der Waals surface area contributed by atoms with E-state index in [1.54, 1.807) is 30.3 Å². The van der Waals surface area contributed by atoms with Crippen LogP contribution in [0.1, 0.15) is 58.5 Å². The molecule has 2 heterocycles. The summed E-state index contributed by atoms with van der Waals surface area (Å²) in [5.74, 6) is 0.282. The molecular weight excluding hydrogens is 544 g/mol. The number of carbonyl (C=O) groups is 2. The third-order valence-corrected chi connectivity index (χ3v) is 7.16. The van der Waals surface area contributed by atoms with Crippen LogP contribution in [0.3, 0.4) is 0 Å². The molecule has 214 valence electrons. The van der Waals surface area contributed by atoms with Crippen molar-refractivity contribution < 1.29 is 14.3 Å². The SMILES string of the molecule is CC(C)(C)c1cc(C(C)(C)C)n(-c2ccc(C=C3C(=O)NC(=S)N(c4ccc(Oc5ccccc5)cc4)C3=O)cc2)n1. The average molecular weight is 579 g/mol. The highest BCUT2D eigenvalue weighted by molar-refractivity contribution is 7.80. The number of benzene rings is 3. The van der Waals surface area contributed by atoms with Gasteiger partial charge in [0.2, 0.25) is 0 Å². The summed E-state index contributed by atoms with van der Waals surface area (Å²) in [6.45, 7) is 12.9. The van der Waals surface area contributed by atoms with Crippen LogP contribution in [0.4, 0.5) is 5.69 Å². The topological polar surface area (TPSA) is 76.5 Å². The molecule has 2 amide bonds. The monoisotopic (exact) mass is 578 g/mol. The zero-order valence-corrected chi connectivity index (χ0v) is 25.5. The third-order valence-electron chi connectivity index (χ3n) is 6.87. The van der Waals surface area contributed by atoms with E-state index in [-0.39, 0.29) is 21.5 Å². The van der Waals surface area contributed by atoms with Gasteiger partial charge in [0.15, 0.2) is 5.11 Å². The second kappa shape index (κ2) is 11.0. The minimum atomic E-state index is -0.536. The van der Waals surface area contributed by atoms with Gasteiger partial charge in [-0.3, -0.25) is 19.8 Å². The molecule has 4 aromatic rings. The lowest BCUT2D eigenvalue weighted by atomic mass is 9.88. The summed E-state index contributed by atoms with van der Waals surface area (Å²) in [5, 5.41) is 7.59. The van der Waals surface area contributed by atoms with Gasteiger partial charge in [-0.05, 0) is 78.5 Å². The molecule has 0 atom stereocenters. The van der Waals surface area contributed by atoms with Crippen molar-refractivity contribution >= 4 is 40.9 Å². The second-order valence-corrected chi connectivity index (χ2v) is 12.7. The number of hydrogen-bond acceptors (Lipinski definition) is 5.